The summed E-state index contributed by atoms with van der Waals surface area (Å²) in [6.07, 6.45) is 0. The molecule has 2 heterocycles. The van der Waals surface area contributed by atoms with E-state index in [4.69, 9.17) is 28.9 Å². The Labute approximate surface area is 111 Å². The zero-order chi connectivity index (χ0) is 12.0. The van der Waals surface area contributed by atoms with Crippen molar-refractivity contribution in [2.75, 3.05) is 5.73 Å². The van der Waals surface area contributed by atoms with Crippen LogP contribution < -0.4 is 5.73 Å². The fourth-order valence-corrected chi connectivity index (χ4v) is 2.61. The summed E-state index contributed by atoms with van der Waals surface area (Å²) in [5, 5.41) is 3.67. The first-order valence-corrected chi connectivity index (χ1v) is 6.47. The first-order chi connectivity index (χ1) is 8.15. The Kier molecular flexibility index (Phi) is 2.50. The summed E-state index contributed by atoms with van der Waals surface area (Å²) in [5.41, 5.74) is 8.39. The van der Waals surface area contributed by atoms with E-state index in [1.165, 1.54) is 11.3 Å². The van der Waals surface area contributed by atoms with Gasteiger partial charge < -0.3 is 10.7 Å². The maximum atomic E-state index is 5.95. The van der Waals surface area contributed by atoms with E-state index in [2.05, 4.69) is 9.97 Å². The van der Waals surface area contributed by atoms with Crippen molar-refractivity contribution in [1.29, 1.82) is 0 Å². The molecule has 0 aliphatic rings. The molecule has 0 aliphatic carbocycles. The molecule has 0 unspecified atom stereocenters. The minimum absolute atomic E-state index is 0.496. The van der Waals surface area contributed by atoms with Crippen molar-refractivity contribution < 1.29 is 0 Å². The molecule has 6 heteroatoms. The van der Waals surface area contributed by atoms with Crippen molar-refractivity contribution in [3.8, 4) is 11.4 Å². The molecule has 3 rings (SSSR count). The van der Waals surface area contributed by atoms with E-state index in [-0.39, 0.29) is 0 Å². The lowest BCUT2D eigenvalue weighted by atomic mass is 10.3. The van der Waals surface area contributed by atoms with Crippen LogP contribution in [0.3, 0.4) is 0 Å². The summed E-state index contributed by atoms with van der Waals surface area (Å²) in [5.74, 6) is 0.733. The number of fused-ring (bicyclic) bond motifs is 1. The minimum Gasteiger partial charge on any atom is -0.390 e. The molecule has 0 saturated carbocycles. The lowest BCUT2D eigenvalue weighted by Crippen LogP contribution is -1.84. The fraction of sp³-hybridized carbons (Fsp3) is 0. The molecule has 17 heavy (non-hydrogen) atoms. The number of anilines is 1. The summed E-state index contributed by atoms with van der Waals surface area (Å²) in [7, 11) is 0. The average Bonchev–Trinajstić information content (AvgIpc) is 2.85. The van der Waals surface area contributed by atoms with Gasteiger partial charge in [-0.15, -0.1) is 11.3 Å². The maximum Gasteiger partial charge on any atom is 0.141 e. The minimum atomic E-state index is 0.496. The van der Waals surface area contributed by atoms with Crippen LogP contribution in [0.25, 0.3) is 22.4 Å². The van der Waals surface area contributed by atoms with E-state index in [0.29, 0.717) is 10.0 Å². The van der Waals surface area contributed by atoms with Crippen LogP contribution >= 0.6 is 34.5 Å². The first kappa shape index (κ1) is 10.9. The molecule has 0 spiro atoms. The van der Waals surface area contributed by atoms with Crippen molar-refractivity contribution >= 4 is 50.6 Å². The van der Waals surface area contributed by atoms with Crippen LogP contribution in [0.2, 0.25) is 10.0 Å². The molecule has 2 aromatic heterocycles. The number of hydrogen-bond acceptors (Lipinski definition) is 3. The van der Waals surface area contributed by atoms with E-state index < -0.39 is 0 Å². The van der Waals surface area contributed by atoms with Gasteiger partial charge in [-0.05, 0) is 23.6 Å². The molecule has 0 fully saturated rings. The van der Waals surface area contributed by atoms with Crippen LogP contribution in [-0.2, 0) is 0 Å². The van der Waals surface area contributed by atoms with E-state index >= 15 is 0 Å². The van der Waals surface area contributed by atoms with Gasteiger partial charge in [-0.3, -0.25) is 0 Å². The van der Waals surface area contributed by atoms with Crippen LogP contribution in [0.4, 0.5) is 5.00 Å². The van der Waals surface area contributed by atoms with Gasteiger partial charge in [-0.2, -0.15) is 0 Å². The third-order valence-electron chi connectivity index (χ3n) is 2.47. The molecule has 3 nitrogen and oxygen atoms in total. The standard InChI is InChI=1S/C11H7Cl2N3S/c12-6-3-8-9(4-7(6)13)16-11(15-8)5-1-2-17-10(5)14/h1-4H,14H2,(H,15,16). The smallest absolute Gasteiger partial charge is 0.141 e. The van der Waals surface area contributed by atoms with E-state index in [0.717, 1.165) is 27.4 Å². The van der Waals surface area contributed by atoms with Crippen molar-refractivity contribution in [3.63, 3.8) is 0 Å². The number of halogens is 2. The SMILES string of the molecule is Nc1sccc1-c1nc2cc(Cl)c(Cl)cc2[nH]1. The van der Waals surface area contributed by atoms with E-state index in [1.54, 1.807) is 12.1 Å². The molecular formula is C11H7Cl2N3S. The van der Waals surface area contributed by atoms with Gasteiger partial charge in [-0.25, -0.2) is 4.98 Å². The van der Waals surface area contributed by atoms with Crippen LogP contribution in [-0.4, -0.2) is 9.97 Å². The van der Waals surface area contributed by atoms with Gasteiger partial charge in [0.05, 0.1) is 31.6 Å². The van der Waals surface area contributed by atoms with Crippen LogP contribution in [0.1, 0.15) is 0 Å². The maximum absolute atomic E-state index is 5.95. The summed E-state index contributed by atoms with van der Waals surface area (Å²) in [6, 6.07) is 5.43. The zero-order valence-corrected chi connectivity index (χ0v) is 10.8. The van der Waals surface area contributed by atoms with Gasteiger partial charge in [0.1, 0.15) is 5.82 Å². The summed E-state index contributed by atoms with van der Waals surface area (Å²) >= 11 is 13.4. The van der Waals surface area contributed by atoms with Gasteiger partial charge in [0.15, 0.2) is 0 Å². The number of nitrogens with one attached hydrogen (secondary N) is 1. The molecular weight excluding hydrogens is 277 g/mol. The number of aromatic amines is 1. The number of nitrogen functional groups attached to an aromatic ring is 1. The van der Waals surface area contributed by atoms with Crippen molar-refractivity contribution in [3.05, 3.63) is 33.6 Å². The van der Waals surface area contributed by atoms with Crippen LogP contribution in [0, 0.1) is 0 Å². The Morgan fingerprint density at radius 3 is 2.71 bits per heavy atom. The molecule has 0 bridgehead atoms. The van der Waals surface area contributed by atoms with Gasteiger partial charge in [-0.1, -0.05) is 23.2 Å². The summed E-state index contributed by atoms with van der Waals surface area (Å²) in [6.45, 7) is 0. The highest BCUT2D eigenvalue weighted by atomic mass is 35.5. The Morgan fingerprint density at radius 2 is 2.00 bits per heavy atom. The summed E-state index contributed by atoms with van der Waals surface area (Å²) < 4.78 is 0. The Hall–Kier alpha value is -1.23. The molecule has 0 atom stereocenters. The Balaban J connectivity index is 2.24. The highest BCUT2D eigenvalue weighted by Crippen LogP contribution is 2.32. The number of rotatable bonds is 1. The Bertz CT molecular complexity index is 663. The second-order valence-electron chi connectivity index (χ2n) is 3.57. The normalized spacial score (nSPS) is 11.2. The molecule has 1 aromatic carbocycles. The number of imidazole rings is 1. The number of nitrogens with zero attached hydrogens (tertiary/aromatic N) is 1. The predicted molar refractivity (Wildman–Crippen MR) is 73.8 cm³/mol. The number of aromatic nitrogens is 2. The lowest BCUT2D eigenvalue weighted by molar-refractivity contribution is 1.35. The van der Waals surface area contributed by atoms with Crippen LogP contribution in [0.15, 0.2) is 23.6 Å². The van der Waals surface area contributed by atoms with Gasteiger partial charge in [0.25, 0.3) is 0 Å². The van der Waals surface area contributed by atoms with Gasteiger partial charge >= 0.3 is 0 Å². The topological polar surface area (TPSA) is 54.7 Å². The highest BCUT2D eigenvalue weighted by Gasteiger charge is 2.10. The Morgan fingerprint density at radius 1 is 1.24 bits per heavy atom. The van der Waals surface area contributed by atoms with Crippen molar-refractivity contribution in [2.45, 2.75) is 0 Å². The molecule has 3 aromatic rings. The molecule has 0 saturated heterocycles. The first-order valence-electron chi connectivity index (χ1n) is 4.83. The predicted octanol–water partition coefficient (Wildman–Crippen LogP) is 4.18. The monoisotopic (exact) mass is 283 g/mol. The number of benzene rings is 1. The summed E-state index contributed by atoms with van der Waals surface area (Å²) in [4.78, 5) is 7.63. The third kappa shape index (κ3) is 1.78. The number of thiophene rings is 1. The van der Waals surface area contributed by atoms with Crippen molar-refractivity contribution in [2.24, 2.45) is 0 Å². The molecule has 0 amide bonds. The largest absolute Gasteiger partial charge is 0.390 e. The molecule has 0 radical (unpaired) electrons. The number of hydrogen-bond donors (Lipinski definition) is 2. The fourth-order valence-electron chi connectivity index (χ4n) is 1.65. The number of H-pyrrole nitrogens is 1. The van der Waals surface area contributed by atoms with Crippen LogP contribution in [0.5, 0.6) is 0 Å². The van der Waals surface area contributed by atoms with E-state index in [1.807, 2.05) is 11.4 Å². The zero-order valence-electron chi connectivity index (χ0n) is 8.50. The second-order valence-corrected chi connectivity index (χ2v) is 5.33. The molecule has 3 N–H and O–H groups in total. The quantitative estimate of drug-likeness (QED) is 0.704. The average molecular weight is 284 g/mol. The molecule has 86 valence electrons. The highest BCUT2D eigenvalue weighted by molar-refractivity contribution is 7.14. The third-order valence-corrected chi connectivity index (χ3v) is 3.94. The second kappa shape index (κ2) is 3.91. The molecule has 0 aliphatic heterocycles. The van der Waals surface area contributed by atoms with E-state index in [9.17, 15) is 0 Å². The lowest BCUT2D eigenvalue weighted by Gasteiger charge is -1.93. The van der Waals surface area contributed by atoms with Gasteiger partial charge in [0, 0.05) is 0 Å². The number of nitrogens with two attached hydrogens (primary N) is 1. The van der Waals surface area contributed by atoms with Gasteiger partial charge in [0.2, 0.25) is 0 Å². The van der Waals surface area contributed by atoms with Crippen molar-refractivity contribution in [1.82, 2.24) is 9.97 Å².